The maximum atomic E-state index is 12.2. The Morgan fingerprint density at radius 2 is 2.05 bits per heavy atom. The molecular weight excluding hydrogens is 240 g/mol. The van der Waals surface area contributed by atoms with Crippen LogP contribution in [-0.2, 0) is 11.2 Å². The van der Waals surface area contributed by atoms with Gasteiger partial charge in [0.2, 0.25) is 5.91 Å². The number of aromatic hydroxyl groups is 1. The second kappa shape index (κ2) is 6.06. The lowest BCUT2D eigenvalue weighted by molar-refractivity contribution is -0.131. The Labute approximate surface area is 114 Å². The zero-order valence-electron chi connectivity index (χ0n) is 11.4. The van der Waals surface area contributed by atoms with Gasteiger partial charge in [-0.25, -0.2) is 0 Å². The quantitative estimate of drug-likeness (QED) is 0.870. The molecule has 104 valence electrons. The molecule has 1 aliphatic rings. The van der Waals surface area contributed by atoms with Crippen LogP contribution in [0.1, 0.15) is 31.2 Å². The molecule has 3 N–H and O–H groups in total. The summed E-state index contributed by atoms with van der Waals surface area (Å²) < 4.78 is 0. The molecule has 4 heteroatoms. The smallest absolute Gasteiger partial charge is 0.226 e. The van der Waals surface area contributed by atoms with E-state index in [1.807, 2.05) is 18.0 Å². The van der Waals surface area contributed by atoms with Gasteiger partial charge in [0.1, 0.15) is 5.75 Å². The van der Waals surface area contributed by atoms with Crippen molar-refractivity contribution < 1.29 is 9.90 Å². The van der Waals surface area contributed by atoms with Gasteiger partial charge in [0, 0.05) is 19.1 Å². The maximum Gasteiger partial charge on any atom is 0.226 e. The highest BCUT2D eigenvalue weighted by Gasteiger charge is 2.24. The number of rotatable bonds is 3. The van der Waals surface area contributed by atoms with Crippen LogP contribution in [0.3, 0.4) is 0 Å². The number of amides is 1. The van der Waals surface area contributed by atoms with E-state index in [4.69, 9.17) is 5.73 Å². The molecule has 4 nitrogen and oxygen atoms in total. The van der Waals surface area contributed by atoms with Crippen LogP contribution in [0.4, 0.5) is 0 Å². The molecule has 0 unspecified atom stereocenters. The second-order valence-corrected chi connectivity index (χ2v) is 5.42. The molecule has 0 aliphatic heterocycles. The predicted octanol–water partition coefficient (Wildman–Crippen LogP) is 1.66. The van der Waals surface area contributed by atoms with Crippen molar-refractivity contribution in [3.63, 3.8) is 0 Å². The molecule has 0 saturated heterocycles. The highest BCUT2D eigenvalue weighted by Crippen LogP contribution is 2.22. The summed E-state index contributed by atoms with van der Waals surface area (Å²) in [6.07, 6.45) is 4.31. The van der Waals surface area contributed by atoms with Gasteiger partial charge >= 0.3 is 0 Å². The molecule has 1 aromatic carbocycles. The number of carbonyl (C=O) groups excluding carboxylic acids is 1. The van der Waals surface area contributed by atoms with Crippen LogP contribution in [0.2, 0.25) is 0 Å². The van der Waals surface area contributed by atoms with E-state index < -0.39 is 0 Å². The topological polar surface area (TPSA) is 66.6 Å². The summed E-state index contributed by atoms with van der Waals surface area (Å²) in [5.41, 5.74) is 6.73. The Balaban J connectivity index is 1.92. The van der Waals surface area contributed by atoms with Gasteiger partial charge in [0.05, 0.1) is 6.42 Å². The van der Waals surface area contributed by atoms with Crippen LogP contribution >= 0.6 is 0 Å². The number of phenols is 1. The molecule has 1 aliphatic carbocycles. The fourth-order valence-electron chi connectivity index (χ4n) is 2.66. The predicted molar refractivity (Wildman–Crippen MR) is 74.8 cm³/mol. The van der Waals surface area contributed by atoms with E-state index in [1.165, 1.54) is 0 Å². The first-order valence-electron chi connectivity index (χ1n) is 6.85. The molecule has 0 spiro atoms. The van der Waals surface area contributed by atoms with Crippen molar-refractivity contribution in [3.05, 3.63) is 29.8 Å². The monoisotopic (exact) mass is 262 g/mol. The van der Waals surface area contributed by atoms with Crippen molar-refractivity contribution >= 4 is 5.91 Å². The molecule has 1 aromatic rings. The summed E-state index contributed by atoms with van der Waals surface area (Å²) in [5.74, 6) is 0.308. The van der Waals surface area contributed by atoms with Gasteiger partial charge in [0.25, 0.3) is 0 Å². The Bertz CT molecular complexity index is 440. The zero-order valence-corrected chi connectivity index (χ0v) is 11.4. The highest BCUT2D eigenvalue weighted by atomic mass is 16.3. The van der Waals surface area contributed by atoms with E-state index >= 15 is 0 Å². The molecule has 0 radical (unpaired) electrons. The van der Waals surface area contributed by atoms with Crippen LogP contribution in [0.5, 0.6) is 5.75 Å². The fourth-order valence-corrected chi connectivity index (χ4v) is 2.66. The average Bonchev–Trinajstić information content (AvgIpc) is 2.39. The van der Waals surface area contributed by atoms with E-state index in [9.17, 15) is 9.90 Å². The van der Waals surface area contributed by atoms with Crippen LogP contribution in [0.15, 0.2) is 24.3 Å². The van der Waals surface area contributed by atoms with Crippen molar-refractivity contribution in [2.75, 3.05) is 7.05 Å². The Morgan fingerprint density at radius 3 is 2.68 bits per heavy atom. The summed E-state index contributed by atoms with van der Waals surface area (Å²) in [4.78, 5) is 14.1. The van der Waals surface area contributed by atoms with Crippen LogP contribution in [-0.4, -0.2) is 35.0 Å². The SMILES string of the molecule is CN(C(=O)Cc1cccc(O)c1)C1CCC(N)CC1. The third kappa shape index (κ3) is 3.70. The zero-order chi connectivity index (χ0) is 13.8. The average molecular weight is 262 g/mol. The Hall–Kier alpha value is -1.55. The maximum absolute atomic E-state index is 12.2. The first-order valence-corrected chi connectivity index (χ1v) is 6.85. The molecule has 0 aromatic heterocycles. The molecule has 1 fully saturated rings. The van der Waals surface area contributed by atoms with E-state index in [2.05, 4.69) is 0 Å². The number of carbonyl (C=O) groups is 1. The van der Waals surface area contributed by atoms with Gasteiger partial charge < -0.3 is 15.7 Å². The summed E-state index contributed by atoms with van der Waals surface area (Å²) in [7, 11) is 1.87. The first kappa shape index (κ1) is 13.9. The Kier molecular flexibility index (Phi) is 4.43. The van der Waals surface area contributed by atoms with Crippen molar-refractivity contribution in [3.8, 4) is 5.75 Å². The van der Waals surface area contributed by atoms with Gasteiger partial charge in [-0.15, -0.1) is 0 Å². The highest BCUT2D eigenvalue weighted by molar-refractivity contribution is 5.79. The molecule has 2 rings (SSSR count). The lowest BCUT2D eigenvalue weighted by Gasteiger charge is -2.33. The normalized spacial score (nSPS) is 23.1. The number of nitrogens with two attached hydrogens (primary N) is 1. The summed E-state index contributed by atoms with van der Waals surface area (Å²) in [5, 5.41) is 9.40. The van der Waals surface area contributed by atoms with Crippen LogP contribution in [0.25, 0.3) is 0 Å². The molecule has 1 saturated carbocycles. The lowest BCUT2D eigenvalue weighted by Crippen LogP contribution is -2.42. The Morgan fingerprint density at radius 1 is 1.37 bits per heavy atom. The lowest BCUT2D eigenvalue weighted by atomic mass is 9.91. The molecule has 19 heavy (non-hydrogen) atoms. The van der Waals surface area contributed by atoms with E-state index in [0.29, 0.717) is 18.5 Å². The van der Waals surface area contributed by atoms with Crippen LogP contribution < -0.4 is 5.73 Å². The number of hydrogen-bond donors (Lipinski definition) is 2. The van der Waals surface area contributed by atoms with Crippen molar-refractivity contribution in [2.24, 2.45) is 5.73 Å². The molecule has 0 heterocycles. The third-order valence-electron chi connectivity index (χ3n) is 3.95. The molecule has 0 bridgehead atoms. The number of likely N-dealkylation sites (N-methyl/N-ethyl adjacent to an activating group) is 1. The molecule has 1 amide bonds. The summed E-state index contributed by atoms with van der Waals surface area (Å²) in [6, 6.07) is 7.48. The minimum atomic E-state index is 0.103. The number of hydrogen-bond acceptors (Lipinski definition) is 3. The number of nitrogens with zero attached hydrogens (tertiary/aromatic N) is 1. The van der Waals surface area contributed by atoms with E-state index in [0.717, 1.165) is 31.2 Å². The van der Waals surface area contributed by atoms with Crippen molar-refractivity contribution in [1.82, 2.24) is 4.90 Å². The number of phenolic OH excluding ortho intramolecular Hbond substituents is 1. The standard InChI is InChI=1S/C15H22N2O2/c1-17(13-7-5-12(16)6-8-13)15(19)10-11-3-2-4-14(18)9-11/h2-4,9,12-13,18H,5-8,10,16H2,1H3. The fraction of sp³-hybridized carbons (Fsp3) is 0.533. The minimum absolute atomic E-state index is 0.103. The van der Waals surface area contributed by atoms with Crippen molar-refractivity contribution in [2.45, 2.75) is 44.2 Å². The van der Waals surface area contributed by atoms with Gasteiger partial charge in [-0.1, -0.05) is 12.1 Å². The minimum Gasteiger partial charge on any atom is -0.508 e. The number of benzene rings is 1. The molecule has 0 atom stereocenters. The van der Waals surface area contributed by atoms with Gasteiger partial charge in [-0.3, -0.25) is 4.79 Å². The van der Waals surface area contributed by atoms with Gasteiger partial charge in [-0.05, 0) is 43.4 Å². The third-order valence-corrected chi connectivity index (χ3v) is 3.95. The summed E-state index contributed by atoms with van der Waals surface area (Å²) >= 11 is 0. The summed E-state index contributed by atoms with van der Waals surface area (Å²) in [6.45, 7) is 0. The van der Waals surface area contributed by atoms with E-state index in [-0.39, 0.29) is 11.7 Å². The van der Waals surface area contributed by atoms with E-state index in [1.54, 1.807) is 18.2 Å². The molecular formula is C15H22N2O2. The largest absolute Gasteiger partial charge is 0.508 e. The van der Waals surface area contributed by atoms with Crippen molar-refractivity contribution in [1.29, 1.82) is 0 Å². The second-order valence-electron chi connectivity index (χ2n) is 5.42. The van der Waals surface area contributed by atoms with Gasteiger partial charge in [0.15, 0.2) is 0 Å². The van der Waals surface area contributed by atoms with Gasteiger partial charge in [-0.2, -0.15) is 0 Å². The first-order chi connectivity index (χ1) is 9.06. The van der Waals surface area contributed by atoms with Crippen LogP contribution in [0, 0.1) is 0 Å².